The highest BCUT2D eigenvalue weighted by Gasteiger charge is 2.10. The molecule has 0 aliphatic rings. The lowest BCUT2D eigenvalue weighted by Crippen LogP contribution is -2.14. The molecule has 1 aromatic heterocycles. The Kier molecular flexibility index (Phi) is 2.17. The fourth-order valence-electron chi connectivity index (χ4n) is 1.39. The Hall–Kier alpha value is -2.24. The zero-order valence-electron chi connectivity index (χ0n) is 8.06. The van der Waals surface area contributed by atoms with E-state index in [2.05, 4.69) is 15.4 Å². The highest BCUT2D eigenvalue weighted by Crippen LogP contribution is 2.24. The van der Waals surface area contributed by atoms with E-state index in [1.54, 1.807) is 18.3 Å². The summed E-state index contributed by atoms with van der Waals surface area (Å²) < 4.78 is 5.13. The molecular weight excluding hydrogens is 196 g/mol. The lowest BCUT2D eigenvalue weighted by molar-refractivity contribution is 0.318. The summed E-state index contributed by atoms with van der Waals surface area (Å²) in [5.74, 6) is 0.539. The van der Waals surface area contributed by atoms with Crippen molar-refractivity contribution < 1.29 is 9.94 Å². The van der Waals surface area contributed by atoms with Crippen LogP contribution < -0.4 is 10.5 Å². The van der Waals surface area contributed by atoms with Gasteiger partial charge in [-0.3, -0.25) is 5.10 Å². The number of oxime groups is 1. The second-order valence-electron chi connectivity index (χ2n) is 2.99. The van der Waals surface area contributed by atoms with Crippen molar-refractivity contribution >= 4 is 16.7 Å². The number of aromatic amines is 1. The Labute approximate surface area is 85.3 Å². The minimum Gasteiger partial charge on any atom is -0.496 e. The quantitative estimate of drug-likeness (QED) is 0.291. The number of H-pyrrole nitrogens is 1. The maximum absolute atomic E-state index is 8.61. The summed E-state index contributed by atoms with van der Waals surface area (Å²) in [6, 6.07) is 3.49. The molecule has 6 nitrogen and oxygen atoms in total. The van der Waals surface area contributed by atoms with Gasteiger partial charge in [0.1, 0.15) is 5.75 Å². The van der Waals surface area contributed by atoms with Gasteiger partial charge in [-0.25, -0.2) is 0 Å². The summed E-state index contributed by atoms with van der Waals surface area (Å²) in [5, 5.41) is 19.1. The number of hydrogen-bond donors (Lipinski definition) is 3. The molecule has 78 valence electrons. The summed E-state index contributed by atoms with van der Waals surface area (Å²) in [6.45, 7) is 0. The smallest absolute Gasteiger partial charge is 0.173 e. The third-order valence-electron chi connectivity index (χ3n) is 2.14. The number of hydrogen-bond acceptors (Lipinski definition) is 4. The summed E-state index contributed by atoms with van der Waals surface area (Å²) in [6.07, 6.45) is 1.66. The minimum absolute atomic E-state index is 0.00921. The molecule has 0 amide bonds. The van der Waals surface area contributed by atoms with Crippen molar-refractivity contribution in [3.63, 3.8) is 0 Å². The molecular formula is C9H10N4O2. The number of fused-ring (bicyclic) bond motifs is 1. The van der Waals surface area contributed by atoms with Crippen LogP contribution in [-0.4, -0.2) is 28.4 Å². The second-order valence-corrected chi connectivity index (χ2v) is 2.99. The Morgan fingerprint density at radius 2 is 2.40 bits per heavy atom. The van der Waals surface area contributed by atoms with Crippen LogP contribution in [-0.2, 0) is 0 Å². The number of nitrogens with two attached hydrogens (primary N) is 1. The number of amidine groups is 1. The van der Waals surface area contributed by atoms with E-state index in [0.29, 0.717) is 11.3 Å². The molecule has 0 saturated heterocycles. The monoisotopic (exact) mass is 206 g/mol. The molecule has 6 heteroatoms. The maximum atomic E-state index is 8.61. The molecule has 1 heterocycles. The molecule has 4 N–H and O–H groups in total. The standard InChI is InChI=1S/C9H10N4O2/c1-15-8-3-7-5(4-11-12-7)2-6(8)9(10)13-14/h2-4,14H,1H3,(H2,10,13)(H,11,12). The first-order chi connectivity index (χ1) is 7.26. The topological polar surface area (TPSA) is 96.5 Å². The maximum Gasteiger partial charge on any atom is 0.173 e. The Morgan fingerprint density at radius 3 is 3.07 bits per heavy atom. The van der Waals surface area contributed by atoms with Crippen LogP contribution in [0.5, 0.6) is 5.75 Å². The SMILES string of the molecule is COc1cc2[nH]ncc2cc1/C(N)=N\O. The van der Waals surface area contributed by atoms with Gasteiger partial charge in [-0.2, -0.15) is 5.10 Å². The third-order valence-corrected chi connectivity index (χ3v) is 2.14. The number of aromatic nitrogens is 2. The van der Waals surface area contributed by atoms with Crippen LogP contribution >= 0.6 is 0 Å². The van der Waals surface area contributed by atoms with Crippen molar-refractivity contribution in [1.82, 2.24) is 10.2 Å². The molecule has 0 unspecified atom stereocenters. The van der Waals surface area contributed by atoms with Gasteiger partial charge in [0.15, 0.2) is 5.84 Å². The lowest BCUT2D eigenvalue weighted by atomic mass is 10.1. The van der Waals surface area contributed by atoms with Gasteiger partial charge in [-0.15, -0.1) is 0 Å². The zero-order valence-corrected chi connectivity index (χ0v) is 8.06. The molecule has 0 fully saturated rings. The molecule has 0 aliphatic carbocycles. The van der Waals surface area contributed by atoms with Crippen molar-refractivity contribution in [3.05, 3.63) is 23.9 Å². The van der Waals surface area contributed by atoms with E-state index in [-0.39, 0.29) is 5.84 Å². The van der Waals surface area contributed by atoms with Crippen molar-refractivity contribution in [2.24, 2.45) is 10.9 Å². The molecule has 2 aromatic rings. The van der Waals surface area contributed by atoms with Crippen LogP contribution in [0.4, 0.5) is 0 Å². The third kappa shape index (κ3) is 1.45. The van der Waals surface area contributed by atoms with E-state index >= 15 is 0 Å². The molecule has 0 saturated carbocycles. The Morgan fingerprint density at radius 1 is 1.60 bits per heavy atom. The fraction of sp³-hybridized carbons (Fsp3) is 0.111. The van der Waals surface area contributed by atoms with Gasteiger partial charge in [-0.05, 0) is 6.07 Å². The summed E-state index contributed by atoms with van der Waals surface area (Å²) in [5.41, 5.74) is 6.89. The van der Waals surface area contributed by atoms with E-state index in [4.69, 9.17) is 15.7 Å². The first-order valence-corrected chi connectivity index (χ1v) is 4.25. The number of nitrogens with one attached hydrogen (secondary N) is 1. The van der Waals surface area contributed by atoms with Crippen LogP contribution in [0.3, 0.4) is 0 Å². The summed E-state index contributed by atoms with van der Waals surface area (Å²) in [7, 11) is 1.52. The van der Waals surface area contributed by atoms with Gasteiger partial charge < -0.3 is 15.7 Å². The van der Waals surface area contributed by atoms with Crippen LogP contribution in [0.1, 0.15) is 5.56 Å². The molecule has 0 atom stereocenters. The molecule has 15 heavy (non-hydrogen) atoms. The van der Waals surface area contributed by atoms with Crippen LogP contribution in [0.25, 0.3) is 10.9 Å². The summed E-state index contributed by atoms with van der Waals surface area (Å²) in [4.78, 5) is 0. The largest absolute Gasteiger partial charge is 0.496 e. The van der Waals surface area contributed by atoms with E-state index in [1.165, 1.54) is 7.11 Å². The fourth-order valence-corrected chi connectivity index (χ4v) is 1.39. The van der Waals surface area contributed by atoms with E-state index in [9.17, 15) is 0 Å². The molecule has 2 rings (SSSR count). The van der Waals surface area contributed by atoms with Gasteiger partial charge in [0.25, 0.3) is 0 Å². The van der Waals surface area contributed by atoms with Gasteiger partial charge >= 0.3 is 0 Å². The van der Waals surface area contributed by atoms with Crippen molar-refractivity contribution in [1.29, 1.82) is 0 Å². The van der Waals surface area contributed by atoms with Crippen LogP contribution in [0, 0.1) is 0 Å². The highest BCUT2D eigenvalue weighted by molar-refractivity contribution is 6.02. The van der Waals surface area contributed by atoms with Crippen LogP contribution in [0.15, 0.2) is 23.5 Å². The predicted octanol–water partition coefficient (Wildman–Crippen LogP) is 0.666. The average molecular weight is 206 g/mol. The van der Waals surface area contributed by atoms with Crippen molar-refractivity contribution in [2.45, 2.75) is 0 Å². The Balaban J connectivity index is 2.69. The van der Waals surface area contributed by atoms with Gasteiger partial charge in [0, 0.05) is 11.5 Å². The highest BCUT2D eigenvalue weighted by atomic mass is 16.5. The lowest BCUT2D eigenvalue weighted by Gasteiger charge is -2.06. The minimum atomic E-state index is 0.00921. The van der Waals surface area contributed by atoms with Gasteiger partial charge in [-0.1, -0.05) is 5.16 Å². The predicted molar refractivity (Wildman–Crippen MR) is 55.2 cm³/mol. The van der Waals surface area contributed by atoms with E-state index < -0.39 is 0 Å². The van der Waals surface area contributed by atoms with Crippen molar-refractivity contribution in [2.75, 3.05) is 7.11 Å². The Bertz CT molecular complexity index is 518. The number of rotatable bonds is 2. The first kappa shape index (κ1) is 9.32. The molecule has 0 aliphatic heterocycles. The second kappa shape index (κ2) is 3.49. The number of nitrogens with zero attached hydrogens (tertiary/aromatic N) is 2. The molecule has 0 spiro atoms. The number of benzene rings is 1. The van der Waals surface area contributed by atoms with Gasteiger partial charge in [0.05, 0.1) is 24.4 Å². The molecule has 1 aromatic carbocycles. The normalized spacial score (nSPS) is 11.9. The molecule has 0 radical (unpaired) electrons. The number of ether oxygens (including phenoxy) is 1. The van der Waals surface area contributed by atoms with Crippen LogP contribution in [0.2, 0.25) is 0 Å². The van der Waals surface area contributed by atoms with Crippen molar-refractivity contribution in [3.8, 4) is 5.75 Å². The average Bonchev–Trinajstić information content (AvgIpc) is 2.73. The molecule has 0 bridgehead atoms. The van der Waals surface area contributed by atoms with Gasteiger partial charge in [0.2, 0.25) is 0 Å². The van der Waals surface area contributed by atoms with E-state index in [0.717, 1.165) is 10.9 Å². The summed E-state index contributed by atoms with van der Waals surface area (Å²) >= 11 is 0. The van der Waals surface area contributed by atoms with E-state index in [1.807, 2.05) is 0 Å². The first-order valence-electron chi connectivity index (χ1n) is 4.25. The number of methoxy groups -OCH3 is 1. The zero-order chi connectivity index (χ0) is 10.8.